The number of thioether (sulfide) groups is 1. The molecule has 3 rings (SSSR count). The number of aromatic amines is 1. The molecule has 0 saturated heterocycles. The first-order valence-electron chi connectivity index (χ1n) is 7.80. The highest BCUT2D eigenvalue weighted by Crippen LogP contribution is 2.29. The number of halogens is 1. The van der Waals surface area contributed by atoms with Gasteiger partial charge >= 0.3 is 0 Å². The molecule has 0 unspecified atom stereocenters. The highest BCUT2D eigenvalue weighted by atomic mass is 79.9. The van der Waals surface area contributed by atoms with Gasteiger partial charge in [0.15, 0.2) is 5.82 Å². The number of aromatic nitrogens is 3. The SMILES string of the molecule is CCOc1ccc(-c2nc(SCc3ccc(OC)c(Br)c3)n[nH]2)cc1. The number of hydrogen-bond acceptors (Lipinski definition) is 5. The maximum absolute atomic E-state index is 5.45. The van der Waals surface area contributed by atoms with E-state index >= 15 is 0 Å². The minimum Gasteiger partial charge on any atom is -0.496 e. The number of rotatable bonds is 7. The topological polar surface area (TPSA) is 60.0 Å². The van der Waals surface area contributed by atoms with Crippen molar-refractivity contribution >= 4 is 27.7 Å². The van der Waals surface area contributed by atoms with Crippen LogP contribution in [0.3, 0.4) is 0 Å². The summed E-state index contributed by atoms with van der Waals surface area (Å²) < 4.78 is 11.6. The van der Waals surface area contributed by atoms with Gasteiger partial charge in [-0.2, -0.15) is 0 Å². The van der Waals surface area contributed by atoms with Gasteiger partial charge in [0.05, 0.1) is 18.2 Å². The van der Waals surface area contributed by atoms with Crippen molar-refractivity contribution in [2.24, 2.45) is 0 Å². The standard InChI is InChI=1S/C18H18BrN3O2S/c1-3-24-14-7-5-13(6-8-14)17-20-18(22-21-17)25-11-12-4-9-16(23-2)15(19)10-12/h4-10H,3,11H2,1-2H3,(H,20,21,22). The van der Waals surface area contributed by atoms with Gasteiger partial charge in [0.25, 0.3) is 0 Å². The first-order chi connectivity index (χ1) is 12.2. The molecule has 0 saturated carbocycles. The Hall–Kier alpha value is -1.99. The number of methoxy groups -OCH3 is 1. The molecule has 0 aliphatic carbocycles. The fourth-order valence-corrected chi connectivity index (χ4v) is 3.59. The summed E-state index contributed by atoms with van der Waals surface area (Å²) in [4.78, 5) is 4.55. The van der Waals surface area contributed by atoms with E-state index in [1.54, 1.807) is 18.9 Å². The Kier molecular flexibility index (Phi) is 5.99. The zero-order valence-electron chi connectivity index (χ0n) is 14.0. The van der Waals surface area contributed by atoms with Crippen LogP contribution in [-0.4, -0.2) is 28.9 Å². The van der Waals surface area contributed by atoms with Gasteiger partial charge in [-0.25, -0.2) is 4.98 Å². The molecule has 1 aromatic heterocycles. The van der Waals surface area contributed by atoms with E-state index in [1.807, 2.05) is 49.4 Å². The Labute approximate surface area is 159 Å². The first-order valence-corrected chi connectivity index (χ1v) is 9.58. The third-order valence-corrected chi connectivity index (χ3v) is 5.03. The van der Waals surface area contributed by atoms with Crippen LogP contribution in [0, 0.1) is 0 Å². The predicted octanol–water partition coefficient (Wildman–Crippen LogP) is 4.93. The quantitative estimate of drug-likeness (QED) is 0.549. The van der Waals surface area contributed by atoms with Crippen molar-refractivity contribution < 1.29 is 9.47 Å². The molecule has 0 aliphatic heterocycles. The molecule has 0 aliphatic rings. The van der Waals surface area contributed by atoms with Crippen LogP contribution in [0.1, 0.15) is 12.5 Å². The molecule has 130 valence electrons. The molecule has 0 radical (unpaired) electrons. The lowest BCUT2D eigenvalue weighted by molar-refractivity contribution is 0.340. The molecular formula is C18H18BrN3O2S. The van der Waals surface area contributed by atoms with Crippen molar-refractivity contribution in [2.45, 2.75) is 17.8 Å². The van der Waals surface area contributed by atoms with E-state index < -0.39 is 0 Å². The van der Waals surface area contributed by atoms with Gasteiger partial charge in [0.1, 0.15) is 11.5 Å². The summed E-state index contributed by atoms with van der Waals surface area (Å²) >= 11 is 5.09. The molecular weight excluding hydrogens is 402 g/mol. The molecule has 0 spiro atoms. The van der Waals surface area contributed by atoms with Gasteiger partial charge < -0.3 is 9.47 Å². The highest BCUT2D eigenvalue weighted by molar-refractivity contribution is 9.10. The monoisotopic (exact) mass is 419 g/mol. The van der Waals surface area contributed by atoms with Crippen LogP contribution in [-0.2, 0) is 5.75 Å². The van der Waals surface area contributed by atoms with Gasteiger partial charge in [0.2, 0.25) is 5.16 Å². The number of hydrogen-bond donors (Lipinski definition) is 1. The molecule has 3 aromatic rings. The fraction of sp³-hybridized carbons (Fsp3) is 0.222. The van der Waals surface area contributed by atoms with Gasteiger partial charge in [-0.15, -0.1) is 5.10 Å². The zero-order valence-corrected chi connectivity index (χ0v) is 16.4. The molecule has 7 heteroatoms. The summed E-state index contributed by atoms with van der Waals surface area (Å²) in [6.07, 6.45) is 0. The van der Waals surface area contributed by atoms with E-state index in [9.17, 15) is 0 Å². The molecule has 0 fully saturated rings. The smallest absolute Gasteiger partial charge is 0.209 e. The van der Waals surface area contributed by atoms with Crippen LogP contribution in [0.4, 0.5) is 0 Å². The third-order valence-electron chi connectivity index (χ3n) is 3.49. The summed E-state index contributed by atoms with van der Waals surface area (Å²) in [6.45, 7) is 2.62. The van der Waals surface area contributed by atoms with Gasteiger partial charge in [-0.3, -0.25) is 5.10 Å². The lowest BCUT2D eigenvalue weighted by Crippen LogP contribution is -1.90. The summed E-state index contributed by atoms with van der Waals surface area (Å²) in [5.74, 6) is 3.21. The van der Waals surface area contributed by atoms with E-state index in [-0.39, 0.29) is 0 Å². The predicted molar refractivity (Wildman–Crippen MR) is 103 cm³/mol. The van der Waals surface area contributed by atoms with E-state index in [4.69, 9.17) is 9.47 Å². The van der Waals surface area contributed by atoms with Crippen molar-refractivity contribution in [1.29, 1.82) is 0 Å². The van der Waals surface area contributed by atoms with E-state index in [0.717, 1.165) is 38.3 Å². The van der Waals surface area contributed by atoms with E-state index in [1.165, 1.54) is 5.56 Å². The van der Waals surface area contributed by atoms with Gasteiger partial charge in [-0.1, -0.05) is 17.8 Å². The maximum atomic E-state index is 5.45. The molecule has 2 aromatic carbocycles. The van der Waals surface area contributed by atoms with Crippen LogP contribution in [0.5, 0.6) is 11.5 Å². The molecule has 0 amide bonds. The maximum Gasteiger partial charge on any atom is 0.209 e. The van der Waals surface area contributed by atoms with Crippen LogP contribution in [0.2, 0.25) is 0 Å². The normalized spacial score (nSPS) is 10.7. The first kappa shape index (κ1) is 17.8. The zero-order chi connectivity index (χ0) is 17.6. The number of H-pyrrole nitrogens is 1. The lowest BCUT2D eigenvalue weighted by Gasteiger charge is -2.05. The molecule has 0 bridgehead atoms. The van der Waals surface area contributed by atoms with Gasteiger partial charge in [0, 0.05) is 11.3 Å². The van der Waals surface area contributed by atoms with E-state index in [0.29, 0.717) is 6.61 Å². The Morgan fingerprint density at radius 2 is 1.96 bits per heavy atom. The minimum absolute atomic E-state index is 0.657. The molecule has 0 atom stereocenters. The van der Waals surface area contributed by atoms with Crippen LogP contribution in [0.25, 0.3) is 11.4 Å². The molecule has 1 heterocycles. The average molecular weight is 420 g/mol. The number of nitrogens with one attached hydrogen (secondary N) is 1. The third kappa shape index (κ3) is 4.55. The van der Waals surface area contributed by atoms with Crippen LogP contribution < -0.4 is 9.47 Å². The van der Waals surface area contributed by atoms with E-state index in [2.05, 4.69) is 31.1 Å². The van der Waals surface area contributed by atoms with Crippen molar-refractivity contribution in [2.75, 3.05) is 13.7 Å². The second kappa shape index (κ2) is 8.40. The summed E-state index contributed by atoms with van der Waals surface area (Å²) in [7, 11) is 1.66. The minimum atomic E-state index is 0.657. The summed E-state index contributed by atoms with van der Waals surface area (Å²) in [5.41, 5.74) is 2.15. The second-order valence-corrected chi connectivity index (χ2v) is 6.98. The summed E-state index contributed by atoms with van der Waals surface area (Å²) in [6, 6.07) is 13.8. The highest BCUT2D eigenvalue weighted by Gasteiger charge is 2.08. The summed E-state index contributed by atoms with van der Waals surface area (Å²) in [5, 5.41) is 7.99. The molecule has 5 nitrogen and oxygen atoms in total. The fourth-order valence-electron chi connectivity index (χ4n) is 2.26. The largest absolute Gasteiger partial charge is 0.496 e. The van der Waals surface area contributed by atoms with Crippen molar-refractivity contribution in [1.82, 2.24) is 15.2 Å². The van der Waals surface area contributed by atoms with Crippen molar-refractivity contribution in [3.8, 4) is 22.9 Å². The van der Waals surface area contributed by atoms with Crippen molar-refractivity contribution in [3.05, 3.63) is 52.5 Å². The van der Waals surface area contributed by atoms with Gasteiger partial charge in [-0.05, 0) is 64.8 Å². The number of ether oxygens (including phenoxy) is 2. The lowest BCUT2D eigenvalue weighted by atomic mass is 10.2. The number of benzene rings is 2. The molecule has 1 N–H and O–H groups in total. The van der Waals surface area contributed by atoms with Crippen LogP contribution >= 0.6 is 27.7 Å². The Morgan fingerprint density at radius 3 is 2.64 bits per heavy atom. The number of nitrogens with zero attached hydrogens (tertiary/aromatic N) is 2. The Bertz CT molecular complexity index is 837. The van der Waals surface area contributed by atoms with Crippen LogP contribution in [0.15, 0.2) is 52.1 Å². The Balaban J connectivity index is 1.64. The average Bonchev–Trinajstić information content (AvgIpc) is 3.10. The van der Waals surface area contributed by atoms with Crippen molar-refractivity contribution in [3.63, 3.8) is 0 Å². The Morgan fingerprint density at radius 1 is 1.16 bits per heavy atom. The second-order valence-electron chi connectivity index (χ2n) is 5.18. The molecule has 25 heavy (non-hydrogen) atoms.